The van der Waals surface area contributed by atoms with Crippen LogP contribution in [0.2, 0.25) is 0 Å². The summed E-state index contributed by atoms with van der Waals surface area (Å²) in [5.74, 6) is -0.487. The van der Waals surface area contributed by atoms with Crippen LogP contribution in [0, 0.1) is 19.8 Å². The maximum absolute atomic E-state index is 13.2. The van der Waals surface area contributed by atoms with Gasteiger partial charge in [0.05, 0.1) is 35.2 Å². The Hall–Kier alpha value is -4.25. The summed E-state index contributed by atoms with van der Waals surface area (Å²) in [4.78, 5) is 33.9. The van der Waals surface area contributed by atoms with Crippen LogP contribution in [0.15, 0.2) is 64.7 Å². The van der Waals surface area contributed by atoms with Crippen molar-refractivity contribution in [2.24, 2.45) is 5.92 Å². The molecule has 198 valence electrons. The first-order valence-electron chi connectivity index (χ1n) is 11.9. The van der Waals surface area contributed by atoms with Crippen LogP contribution in [0.3, 0.4) is 0 Å². The molecule has 0 saturated carbocycles. The molecule has 11 heteroatoms. The zero-order valence-corrected chi connectivity index (χ0v) is 22.6. The van der Waals surface area contributed by atoms with Crippen molar-refractivity contribution >= 4 is 32.5 Å². The summed E-state index contributed by atoms with van der Waals surface area (Å²) >= 11 is 0. The third-order valence-electron chi connectivity index (χ3n) is 6.12. The van der Waals surface area contributed by atoms with Crippen molar-refractivity contribution in [1.29, 1.82) is 0 Å². The number of sulfonamides is 1. The van der Waals surface area contributed by atoms with Crippen LogP contribution >= 0.6 is 0 Å². The van der Waals surface area contributed by atoms with Crippen molar-refractivity contribution < 1.29 is 17.9 Å². The van der Waals surface area contributed by atoms with E-state index in [1.807, 2.05) is 19.9 Å². The Morgan fingerprint density at radius 1 is 1.05 bits per heavy atom. The molecule has 0 unspecified atom stereocenters. The molecular formula is C27H29N5O5S. The highest BCUT2D eigenvalue weighted by Gasteiger charge is 2.19. The Kier molecular flexibility index (Phi) is 7.49. The molecule has 0 bridgehead atoms. The highest BCUT2D eigenvalue weighted by molar-refractivity contribution is 7.92. The normalized spacial score (nSPS) is 12.2. The molecule has 4 rings (SSSR count). The smallest absolute Gasteiger partial charge is 0.262 e. The molecule has 0 aliphatic heterocycles. The molecule has 1 atom stereocenters. The Labute approximate surface area is 220 Å². The van der Waals surface area contributed by atoms with Gasteiger partial charge in [0.2, 0.25) is 11.8 Å². The molecule has 2 aromatic heterocycles. The maximum atomic E-state index is 13.2. The number of hydrogen-bond acceptors (Lipinski definition) is 7. The van der Waals surface area contributed by atoms with Gasteiger partial charge in [0, 0.05) is 25.4 Å². The number of hydrogen-bond donors (Lipinski definition) is 2. The number of aryl methyl sites for hydroxylation is 2. The molecule has 0 aliphatic rings. The fourth-order valence-corrected chi connectivity index (χ4v) is 5.47. The van der Waals surface area contributed by atoms with E-state index < -0.39 is 15.9 Å². The monoisotopic (exact) mass is 535 g/mol. The number of carbonyl (C=O) groups is 1. The molecule has 2 N–H and O–H groups in total. The molecule has 4 aromatic rings. The van der Waals surface area contributed by atoms with Crippen molar-refractivity contribution in [3.8, 4) is 17.0 Å². The van der Waals surface area contributed by atoms with Crippen molar-refractivity contribution in [2.45, 2.75) is 32.2 Å². The summed E-state index contributed by atoms with van der Waals surface area (Å²) in [7, 11) is -0.973. The van der Waals surface area contributed by atoms with Gasteiger partial charge in [-0.25, -0.2) is 18.4 Å². The molecule has 0 saturated heterocycles. The summed E-state index contributed by atoms with van der Waals surface area (Å²) < 4.78 is 35.6. The number of methoxy groups -OCH3 is 1. The van der Waals surface area contributed by atoms with Crippen LogP contribution in [0.1, 0.15) is 18.1 Å². The van der Waals surface area contributed by atoms with Gasteiger partial charge in [-0.3, -0.25) is 18.9 Å². The number of pyridine rings is 1. The Morgan fingerprint density at radius 3 is 2.42 bits per heavy atom. The Bertz CT molecular complexity index is 1680. The minimum atomic E-state index is -3.92. The number of anilines is 1. The standard InChI is InChI=1S/C27H29N5O5S/c1-16-8-17(2)10-21(9-16)38(35,36)31-24-12-20(13-29-26(24)37-5)19-6-7-23-22(11-19)27(34)32(15-30-23)14-18(3)25(33)28-4/h6-13,15,18,31H,14H2,1-5H3,(H,28,33)/t18-/m1/s1. The summed E-state index contributed by atoms with van der Waals surface area (Å²) in [6, 6.07) is 11.8. The molecule has 38 heavy (non-hydrogen) atoms. The van der Waals surface area contributed by atoms with E-state index in [4.69, 9.17) is 4.74 Å². The van der Waals surface area contributed by atoms with Gasteiger partial charge in [-0.15, -0.1) is 0 Å². The minimum Gasteiger partial charge on any atom is -0.480 e. The Morgan fingerprint density at radius 2 is 1.76 bits per heavy atom. The topological polar surface area (TPSA) is 132 Å². The summed E-state index contributed by atoms with van der Waals surface area (Å²) in [6.45, 7) is 5.57. The number of rotatable bonds is 8. The third kappa shape index (κ3) is 5.52. The van der Waals surface area contributed by atoms with Gasteiger partial charge in [-0.2, -0.15) is 0 Å². The van der Waals surface area contributed by atoms with Crippen molar-refractivity contribution in [1.82, 2.24) is 19.9 Å². The lowest BCUT2D eigenvalue weighted by Crippen LogP contribution is -2.32. The third-order valence-corrected chi connectivity index (χ3v) is 7.46. The molecule has 2 aromatic carbocycles. The largest absolute Gasteiger partial charge is 0.480 e. The highest BCUT2D eigenvalue weighted by atomic mass is 32.2. The number of nitrogens with zero attached hydrogens (tertiary/aromatic N) is 3. The SMILES string of the molecule is CNC(=O)[C@H](C)Cn1cnc2ccc(-c3cnc(OC)c(NS(=O)(=O)c4cc(C)cc(C)c4)c3)cc2c1=O. The van der Waals surface area contributed by atoms with E-state index in [1.165, 1.54) is 24.2 Å². The van der Waals surface area contributed by atoms with Crippen LogP contribution in [-0.2, 0) is 21.4 Å². The first-order valence-corrected chi connectivity index (χ1v) is 13.4. The van der Waals surface area contributed by atoms with Gasteiger partial charge in [0.25, 0.3) is 15.6 Å². The fraction of sp³-hybridized carbons (Fsp3) is 0.259. The molecular weight excluding hydrogens is 506 g/mol. The highest BCUT2D eigenvalue weighted by Crippen LogP contribution is 2.31. The molecule has 1 amide bonds. The molecule has 10 nitrogen and oxygen atoms in total. The van der Waals surface area contributed by atoms with E-state index in [9.17, 15) is 18.0 Å². The van der Waals surface area contributed by atoms with E-state index in [0.29, 0.717) is 22.0 Å². The van der Waals surface area contributed by atoms with Crippen LogP contribution in [0.4, 0.5) is 5.69 Å². The molecule has 2 heterocycles. The first kappa shape index (κ1) is 26.8. The molecule has 0 aliphatic carbocycles. The number of aromatic nitrogens is 3. The number of fused-ring (bicyclic) bond motifs is 1. The summed E-state index contributed by atoms with van der Waals surface area (Å²) in [5, 5.41) is 2.94. The van der Waals surface area contributed by atoms with Crippen molar-refractivity contribution in [2.75, 3.05) is 18.9 Å². The lowest BCUT2D eigenvalue weighted by molar-refractivity contribution is -0.124. The quantitative estimate of drug-likeness (QED) is 0.354. The number of amides is 1. The number of ether oxygens (including phenoxy) is 1. The van der Waals surface area contributed by atoms with Gasteiger partial charge in [-0.1, -0.05) is 19.1 Å². The predicted molar refractivity (Wildman–Crippen MR) is 146 cm³/mol. The van der Waals surface area contributed by atoms with E-state index in [-0.39, 0.29) is 34.5 Å². The number of benzene rings is 2. The van der Waals surface area contributed by atoms with E-state index in [0.717, 1.165) is 11.1 Å². The van der Waals surface area contributed by atoms with Gasteiger partial charge < -0.3 is 10.1 Å². The predicted octanol–water partition coefficient (Wildman–Crippen LogP) is 3.27. The lowest BCUT2D eigenvalue weighted by Gasteiger charge is -2.14. The van der Waals surface area contributed by atoms with Crippen molar-refractivity contribution in [3.05, 3.63) is 76.5 Å². The number of nitrogens with one attached hydrogen (secondary N) is 2. The summed E-state index contributed by atoms with van der Waals surface area (Å²) in [5.41, 5.74) is 3.22. The first-order chi connectivity index (χ1) is 18.0. The molecule has 0 radical (unpaired) electrons. The minimum absolute atomic E-state index is 0.106. The van der Waals surface area contributed by atoms with Crippen LogP contribution in [-0.4, -0.2) is 43.0 Å². The molecule has 0 fully saturated rings. The van der Waals surface area contributed by atoms with Gasteiger partial charge in [-0.05, 0) is 60.9 Å². The van der Waals surface area contributed by atoms with Gasteiger partial charge >= 0.3 is 0 Å². The summed E-state index contributed by atoms with van der Waals surface area (Å²) in [6.07, 6.45) is 2.97. The van der Waals surface area contributed by atoms with E-state index >= 15 is 0 Å². The zero-order chi connectivity index (χ0) is 27.6. The lowest BCUT2D eigenvalue weighted by atomic mass is 10.0. The average molecular weight is 536 g/mol. The van der Waals surface area contributed by atoms with Crippen molar-refractivity contribution in [3.63, 3.8) is 0 Å². The van der Waals surface area contributed by atoms with Crippen LogP contribution in [0.25, 0.3) is 22.0 Å². The van der Waals surface area contributed by atoms with Crippen LogP contribution < -0.4 is 20.3 Å². The second kappa shape index (κ2) is 10.6. The average Bonchev–Trinajstić information content (AvgIpc) is 2.88. The second-order valence-electron chi connectivity index (χ2n) is 9.16. The number of carbonyl (C=O) groups excluding carboxylic acids is 1. The zero-order valence-electron chi connectivity index (χ0n) is 21.8. The Balaban J connectivity index is 1.73. The van der Waals surface area contributed by atoms with Gasteiger partial charge in [0.15, 0.2) is 0 Å². The van der Waals surface area contributed by atoms with E-state index in [1.54, 1.807) is 50.4 Å². The second-order valence-corrected chi connectivity index (χ2v) is 10.8. The van der Waals surface area contributed by atoms with Gasteiger partial charge in [0.1, 0.15) is 5.69 Å². The van der Waals surface area contributed by atoms with Crippen LogP contribution in [0.5, 0.6) is 5.88 Å². The van der Waals surface area contributed by atoms with E-state index in [2.05, 4.69) is 20.0 Å². The fourth-order valence-electron chi connectivity index (χ4n) is 4.23. The molecule has 0 spiro atoms. The maximum Gasteiger partial charge on any atom is 0.262 e.